The molecule has 0 bridgehead atoms. The minimum atomic E-state index is -0.647. The van der Waals surface area contributed by atoms with E-state index in [-0.39, 0.29) is 5.97 Å². The molecule has 0 spiro atoms. The number of hydrogen-bond donors (Lipinski definition) is 0. The molecular weight excluding hydrogens is 204 g/mol. The zero-order chi connectivity index (χ0) is 11.8. The molecule has 16 heavy (non-hydrogen) atoms. The Morgan fingerprint density at radius 1 is 1.44 bits per heavy atom. The smallest absolute Gasteiger partial charge is 0.339 e. The average molecular weight is 220 g/mol. The van der Waals surface area contributed by atoms with Crippen molar-refractivity contribution in [2.24, 2.45) is 0 Å². The van der Waals surface area contributed by atoms with Gasteiger partial charge in [-0.3, -0.25) is 0 Å². The number of carbonyl (C=O) groups excluding carboxylic acids is 1. The number of benzene rings is 1. The van der Waals surface area contributed by atoms with Gasteiger partial charge in [0.1, 0.15) is 0 Å². The first-order valence-electron chi connectivity index (χ1n) is 5.15. The second kappa shape index (κ2) is 6.80. The maximum atomic E-state index is 11.5. The van der Waals surface area contributed by atoms with Crippen LogP contribution in [0.25, 0.3) is 0 Å². The highest BCUT2D eigenvalue weighted by Crippen LogP contribution is 2.18. The van der Waals surface area contributed by atoms with Gasteiger partial charge in [0.2, 0.25) is 0 Å². The SMILES string of the molecule is C=CCCOC(C(=O)OC)c1ccccc1. The third kappa shape index (κ3) is 3.51. The highest BCUT2D eigenvalue weighted by Gasteiger charge is 2.21. The molecule has 86 valence electrons. The zero-order valence-electron chi connectivity index (χ0n) is 9.39. The third-order valence-electron chi connectivity index (χ3n) is 2.12. The van der Waals surface area contributed by atoms with Crippen LogP contribution in [0.5, 0.6) is 0 Å². The maximum absolute atomic E-state index is 11.5. The van der Waals surface area contributed by atoms with E-state index in [1.807, 2.05) is 30.3 Å². The van der Waals surface area contributed by atoms with Crippen molar-refractivity contribution in [3.05, 3.63) is 48.6 Å². The molecule has 0 saturated carbocycles. The Kier molecular flexibility index (Phi) is 5.29. The van der Waals surface area contributed by atoms with Crippen molar-refractivity contribution >= 4 is 5.97 Å². The standard InChI is InChI=1S/C13H16O3/c1-3-4-10-16-12(13(14)15-2)11-8-6-5-7-9-11/h3,5-9,12H,1,4,10H2,2H3. The van der Waals surface area contributed by atoms with E-state index in [0.29, 0.717) is 13.0 Å². The fourth-order valence-electron chi connectivity index (χ4n) is 1.30. The molecule has 3 nitrogen and oxygen atoms in total. The lowest BCUT2D eigenvalue weighted by molar-refractivity contribution is -0.154. The molecule has 1 atom stereocenters. The molecule has 1 unspecified atom stereocenters. The largest absolute Gasteiger partial charge is 0.467 e. The fraction of sp³-hybridized carbons (Fsp3) is 0.308. The highest BCUT2D eigenvalue weighted by molar-refractivity contribution is 5.76. The quantitative estimate of drug-likeness (QED) is 0.420. The van der Waals surface area contributed by atoms with Gasteiger partial charge in [-0.1, -0.05) is 36.4 Å². The van der Waals surface area contributed by atoms with Gasteiger partial charge >= 0.3 is 5.97 Å². The van der Waals surface area contributed by atoms with E-state index < -0.39 is 6.10 Å². The average Bonchev–Trinajstić information content (AvgIpc) is 2.35. The Morgan fingerprint density at radius 2 is 2.12 bits per heavy atom. The molecule has 0 heterocycles. The highest BCUT2D eigenvalue weighted by atomic mass is 16.6. The van der Waals surface area contributed by atoms with Crippen LogP contribution in [0.3, 0.4) is 0 Å². The lowest BCUT2D eigenvalue weighted by Crippen LogP contribution is -2.18. The van der Waals surface area contributed by atoms with Gasteiger partial charge in [-0.25, -0.2) is 4.79 Å². The van der Waals surface area contributed by atoms with Crippen LogP contribution in [0.15, 0.2) is 43.0 Å². The van der Waals surface area contributed by atoms with Crippen LogP contribution < -0.4 is 0 Å². The molecule has 3 heteroatoms. The molecule has 0 fully saturated rings. The van der Waals surface area contributed by atoms with Gasteiger partial charge in [-0.05, 0) is 12.0 Å². The summed E-state index contributed by atoms with van der Waals surface area (Å²) in [5, 5.41) is 0. The van der Waals surface area contributed by atoms with Crippen molar-refractivity contribution in [3.8, 4) is 0 Å². The van der Waals surface area contributed by atoms with Gasteiger partial charge < -0.3 is 9.47 Å². The second-order valence-electron chi connectivity index (χ2n) is 3.26. The van der Waals surface area contributed by atoms with Gasteiger partial charge in [0.15, 0.2) is 6.10 Å². The van der Waals surface area contributed by atoms with Gasteiger partial charge in [-0.2, -0.15) is 0 Å². The predicted molar refractivity (Wildman–Crippen MR) is 62.0 cm³/mol. The van der Waals surface area contributed by atoms with Crippen LogP contribution in [0.4, 0.5) is 0 Å². The summed E-state index contributed by atoms with van der Waals surface area (Å²) in [6.07, 6.45) is 1.81. The summed E-state index contributed by atoms with van der Waals surface area (Å²) in [5.74, 6) is -0.379. The van der Waals surface area contributed by atoms with Gasteiger partial charge in [0, 0.05) is 0 Å². The summed E-state index contributed by atoms with van der Waals surface area (Å²) in [6, 6.07) is 9.30. The fourth-order valence-corrected chi connectivity index (χ4v) is 1.30. The molecule has 0 aliphatic carbocycles. The van der Waals surface area contributed by atoms with Crippen LogP contribution in [0.2, 0.25) is 0 Å². The van der Waals surface area contributed by atoms with Crippen molar-refractivity contribution in [1.29, 1.82) is 0 Å². The molecule has 0 aliphatic heterocycles. The monoisotopic (exact) mass is 220 g/mol. The Bertz CT molecular complexity index is 332. The first-order chi connectivity index (χ1) is 7.79. The van der Waals surface area contributed by atoms with Crippen LogP contribution in [-0.4, -0.2) is 19.7 Å². The molecule has 1 aromatic carbocycles. The number of ether oxygens (including phenoxy) is 2. The molecule has 0 aliphatic rings. The van der Waals surface area contributed by atoms with Crippen LogP contribution in [-0.2, 0) is 14.3 Å². The number of carbonyl (C=O) groups is 1. The minimum Gasteiger partial charge on any atom is -0.467 e. The summed E-state index contributed by atoms with van der Waals surface area (Å²) in [5.41, 5.74) is 0.804. The molecule has 0 amide bonds. The number of methoxy groups -OCH3 is 1. The summed E-state index contributed by atoms with van der Waals surface area (Å²) < 4.78 is 10.2. The van der Waals surface area contributed by atoms with Crippen molar-refractivity contribution in [2.75, 3.05) is 13.7 Å². The molecule has 0 N–H and O–H groups in total. The minimum absolute atomic E-state index is 0.379. The topological polar surface area (TPSA) is 35.5 Å². The predicted octanol–water partition coefficient (Wildman–Crippen LogP) is 2.49. The van der Waals surface area contributed by atoms with Gasteiger partial charge in [0.25, 0.3) is 0 Å². The Balaban J connectivity index is 2.71. The summed E-state index contributed by atoms with van der Waals surface area (Å²) in [4.78, 5) is 11.5. The number of hydrogen-bond acceptors (Lipinski definition) is 3. The first-order valence-corrected chi connectivity index (χ1v) is 5.15. The van der Waals surface area contributed by atoms with E-state index in [4.69, 9.17) is 9.47 Å². The van der Waals surface area contributed by atoms with Crippen LogP contribution in [0.1, 0.15) is 18.1 Å². The lowest BCUT2D eigenvalue weighted by Gasteiger charge is -2.15. The third-order valence-corrected chi connectivity index (χ3v) is 2.12. The van der Waals surface area contributed by atoms with E-state index >= 15 is 0 Å². The van der Waals surface area contributed by atoms with E-state index in [9.17, 15) is 4.79 Å². The summed E-state index contributed by atoms with van der Waals surface area (Å²) in [7, 11) is 1.36. The zero-order valence-corrected chi connectivity index (χ0v) is 9.39. The Morgan fingerprint density at radius 3 is 2.69 bits per heavy atom. The lowest BCUT2D eigenvalue weighted by atomic mass is 10.1. The number of rotatable bonds is 6. The summed E-state index contributed by atoms with van der Waals surface area (Å²) in [6.45, 7) is 4.06. The maximum Gasteiger partial charge on any atom is 0.339 e. The number of esters is 1. The van der Waals surface area contributed by atoms with Crippen LogP contribution >= 0.6 is 0 Å². The molecule has 0 radical (unpaired) electrons. The van der Waals surface area contributed by atoms with Gasteiger partial charge in [-0.15, -0.1) is 6.58 Å². The normalized spacial score (nSPS) is 11.8. The Hall–Kier alpha value is -1.61. The molecular formula is C13H16O3. The van der Waals surface area contributed by atoms with Crippen LogP contribution in [0, 0.1) is 0 Å². The summed E-state index contributed by atoms with van der Waals surface area (Å²) >= 11 is 0. The Labute approximate surface area is 95.7 Å². The molecule has 1 rings (SSSR count). The van der Waals surface area contributed by atoms with Crippen molar-refractivity contribution < 1.29 is 14.3 Å². The molecule has 0 aromatic heterocycles. The van der Waals surface area contributed by atoms with Gasteiger partial charge in [0.05, 0.1) is 13.7 Å². The van der Waals surface area contributed by atoms with E-state index in [2.05, 4.69) is 6.58 Å². The van der Waals surface area contributed by atoms with Crippen molar-refractivity contribution in [2.45, 2.75) is 12.5 Å². The van der Waals surface area contributed by atoms with E-state index in [1.165, 1.54) is 7.11 Å². The van der Waals surface area contributed by atoms with Crippen molar-refractivity contribution in [3.63, 3.8) is 0 Å². The first kappa shape index (κ1) is 12.5. The molecule has 1 aromatic rings. The molecule has 0 saturated heterocycles. The van der Waals surface area contributed by atoms with E-state index in [0.717, 1.165) is 5.56 Å². The second-order valence-corrected chi connectivity index (χ2v) is 3.26. The van der Waals surface area contributed by atoms with Crippen molar-refractivity contribution in [1.82, 2.24) is 0 Å². The van der Waals surface area contributed by atoms with E-state index in [1.54, 1.807) is 6.08 Å².